The number of aromatic nitrogens is 2. The summed E-state index contributed by atoms with van der Waals surface area (Å²) in [7, 11) is 0. The van der Waals surface area contributed by atoms with E-state index in [2.05, 4.69) is 29.1 Å². The Balaban J connectivity index is 1.87. The zero-order chi connectivity index (χ0) is 14.6. The third-order valence-corrected chi connectivity index (χ3v) is 2.77. The maximum absolute atomic E-state index is 5.92. The van der Waals surface area contributed by atoms with Gasteiger partial charge >= 0.3 is 6.01 Å². The number of ether oxygens (including phenoxy) is 3. The van der Waals surface area contributed by atoms with E-state index in [1.54, 1.807) is 12.3 Å². The molecular weight excluding hydrogens is 258 g/mol. The smallest absolute Gasteiger partial charge is 0.319 e. The zero-order valence-corrected chi connectivity index (χ0v) is 12.5. The molecule has 6 nitrogen and oxygen atoms in total. The van der Waals surface area contributed by atoms with E-state index in [-0.39, 0.29) is 17.8 Å². The fourth-order valence-corrected chi connectivity index (χ4v) is 2.03. The lowest BCUT2D eigenvalue weighted by Crippen LogP contribution is -2.52. The van der Waals surface area contributed by atoms with Crippen molar-refractivity contribution in [3.63, 3.8) is 0 Å². The highest BCUT2D eigenvalue weighted by atomic mass is 16.6. The van der Waals surface area contributed by atoms with E-state index in [0.717, 1.165) is 13.1 Å². The van der Waals surface area contributed by atoms with Gasteiger partial charge in [-0.15, -0.1) is 0 Å². The first-order valence-corrected chi connectivity index (χ1v) is 6.96. The molecule has 0 aromatic carbocycles. The largest absolute Gasteiger partial charge is 0.475 e. The van der Waals surface area contributed by atoms with E-state index in [4.69, 9.17) is 14.2 Å². The molecular formula is C14H23N3O3. The van der Waals surface area contributed by atoms with Crippen molar-refractivity contribution in [1.29, 1.82) is 0 Å². The minimum Gasteiger partial charge on any atom is -0.475 e. The molecule has 1 fully saturated rings. The second-order valence-corrected chi connectivity index (χ2v) is 5.79. The summed E-state index contributed by atoms with van der Waals surface area (Å²) in [5, 5.41) is 3.33. The highest BCUT2D eigenvalue weighted by molar-refractivity contribution is 5.11. The summed E-state index contributed by atoms with van der Waals surface area (Å²) in [6.45, 7) is 10.0. The molecule has 0 spiro atoms. The Kier molecular flexibility index (Phi) is 4.77. The minimum absolute atomic E-state index is 0.00276. The Morgan fingerprint density at radius 2 is 2.30 bits per heavy atom. The van der Waals surface area contributed by atoms with Crippen molar-refractivity contribution in [3.8, 4) is 11.9 Å². The van der Waals surface area contributed by atoms with Gasteiger partial charge < -0.3 is 19.5 Å². The van der Waals surface area contributed by atoms with Gasteiger partial charge in [0.15, 0.2) is 0 Å². The Morgan fingerprint density at radius 3 is 3.00 bits per heavy atom. The van der Waals surface area contributed by atoms with Gasteiger partial charge in [-0.1, -0.05) is 0 Å². The number of hydrogen-bond donors (Lipinski definition) is 1. The first-order valence-electron chi connectivity index (χ1n) is 6.96. The van der Waals surface area contributed by atoms with Gasteiger partial charge in [0.2, 0.25) is 5.88 Å². The molecule has 20 heavy (non-hydrogen) atoms. The second kappa shape index (κ2) is 6.37. The second-order valence-electron chi connectivity index (χ2n) is 5.79. The molecule has 1 unspecified atom stereocenters. The molecule has 0 radical (unpaired) electrons. The SMILES string of the molecule is CC(C)Oc1ccnc(OCC2CNCC(C)(C)O2)n1. The van der Waals surface area contributed by atoms with Gasteiger partial charge in [-0.2, -0.15) is 4.98 Å². The zero-order valence-electron chi connectivity index (χ0n) is 12.5. The van der Waals surface area contributed by atoms with Crippen molar-refractivity contribution < 1.29 is 14.2 Å². The normalized spacial score (nSPS) is 21.8. The number of hydrogen-bond acceptors (Lipinski definition) is 6. The van der Waals surface area contributed by atoms with Crippen molar-refractivity contribution in [1.82, 2.24) is 15.3 Å². The van der Waals surface area contributed by atoms with Gasteiger partial charge in [0.25, 0.3) is 0 Å². The van der Waals surface area contributed by atoms with Crippen LogP contribution in [0, 0.1) is 0 Å². The number of rotatable bonds is 5. The quantitative estimate of drug-likeness (QED) is 0.880. The molecule has 1 aliphatic heterocycles. The molecule has 1 aromatic heterocycles. The van der Waals surface area contributed by atoms with E-state index < -0.39 is 0 Å². The van der Waals surface area contributed by atoms with Crippen molar-refractivity contribution in [2.75, 3.05) is 19.7 Å². The number of nitrogens with zero attached hydrogens (tertiary/aromatic N) is 2. The lowest BCUT2D eigenvalue weighted by Gasteiger charge is -2.36. The average molecular weight is 281 g/mol. The molecule has 1 atom stereocenters. The summed E-state index contributed by atoms with van der Waals surface area (Å²) in [6.07, 6.45) is 1.70. The first-order chi connectivity index (χ1) is 9.44. The van der Waals surface area contributed by atoms with Crippen molar-refractivity contribution in [2.45, 2.75) is 45.5 Å². The number of nitrogens with one attached hydrogen (secondary N) is 1. The van der Waals surface area contributed by atoms with Crippen molar-refractivity contribution in [2.24, 2.45) is 0 Å². The lowest BCUT2D eigenvalue weighted by molar-refractivity contribution is -0.107. The fourth-order valence-electron chi connectivity index (χ4n) is 2.03. The van der Waals surface area contributed by atoms with Gasteiger partial charge in [0.1, 0.15) is 12.7 Å². The molecule has 1 aliphatic rings. The van der Waals surface area contributed by atoms with E-state index in [1.165, 1.54) is 0 Å². The van der Waals surface area contributed by atoms with Crippen LogP contribution >= 0.6 is 0 Å². The van der Waals surface area contributed by atoms with E-state index in [1.807, 2.05) is 13.8 Å². The molecule has 0 saturated carbocycles. The summed E-state index contributed by atoms with van der Waals surface area (Å²) in [6, 6.07) is 2.03. The molecule has 1 N–H and O–H groups in total. The van der Waals surface area contributed by atoms with Gasteiger partial charge in [-0.3, -0.25) is 0 Å². The highest BCUT2D eigenvalue weighted by Crippen LogP contribution is 2.17. The molecule has 0 aliphatic carbocycles. The number of morpholine rings is 1. The summed E-state index contributed by atoms with van der Waals surface area (Å²) < 4.78 is 17.0. The predicted octanol–water partition coefficient (Wildman–Crippen LogP) is 1.41. The van der Waals surface area contributed by atoms with Crippen LogP contribution in [0.25, 0.3) is 0 Å². The summed E-state index contributed by atoms with van der Waals surface area (Å²) in [5.41, 5.74) is -0.171. The van der Waals surface area contributed by atoms with Gasteiger partial charge in [0, 0.05) is 25.4 Å². The van der Waals surface area contributed by atoms with Crippen molar-refractivity contribution in [3.05, 3.63) is 12.3 Å². The molecule has 2 rings (SSSR count). The van der Waals surface area contributed by atoms with Crippen LogP contribution in [-0.2, 0) is 4.74 Å². The predicted molar refractivity (Wildman–Crippen MR) is 75.1 cm³/mol. The topological polar surface area (TPSA) is 65.5 Å². The van der Waals surface area contributed by atoms with Crippen LogP contribution < -0.4 is 14.8 Å². The van der Waals surface area contributed by atoms with Crippen molar-refractivity contribution >= 4 is 0 Å². The van der Waals surface area contributed by atoms with Crippen LogP contribution in [0.1, 0.15) is 27.7 Å². The maximum Gasteiger partial charge on any atom is 0.319 e. The molecule has 112 valence electrons. The van der Waals surface area contributed by atoms with Gasteiger partial charge in [-0.05, 0) is 27.7 Å². The third-order valence-electron chi connectivity index (χ3n) is 2.77. The Morgan fingerprint density at radius 1 is 1.50 bits per heavy atom. The summed E-state index contributed by atoms with van der Waals surface area (Å²) >= 11 is 0. The standard InChI is InChI=1S/C14H23N3O3/c1-10(2)19-12-5-6-16-13(17-12)18-8-11-7-15-9-14(3,4)20-11/h5-6,10-11,15H,7-9H2,1-4H3. The average Bonchev–Trinajstić information content (AvgIpc) is 2.35. The van der Waals surface area contributed by atoms with Gasteiger partial charge in [-0.25, -0.2) is 4.98 Å². The van der Waals surface area contributed by atoms with Gasteiger partial charge in [0.05, 0.1) is 11.7 Å². The van der Waals surface area contributed by atoms with Crippen LogP contribution in [0.2, 0.25) is 0 Å². The van der Waals surface area contributed by atoms with Crippen LogP contribution in [0.4, 0.5) is 0 Å². The Labute approximate surface area is 119 Å². The van der Waals surface area contributed by atoms with Crippen LogP contribution in [0.15, 0.2) is 12.3 Å². The Hall–Kier alpha value is -1.40. The molecule has 0 bridgehead atoms. The van der Waals surface area contributed by atoms with E-state index >= 15 is 0 Å². The monoisotopic (exact) mass is 281 g/mol. The summed E-state index contributed by atoms with van der Waals surface area (Å²) in [4.78, 5) is 8.28. The molecule has 1 aromatic rings. The fraction of sp³-hybridized carbons (Fsp3) is 0.714. The molecule has 2 heterocycles. The highest BCUT2D eigenvalue weighted by Gasteiger charge is 2.28. The van der Waals surface area contributed by atoms with E-state index in [0.29, 0.717) is 18.5 Å². The molecule has 1 saturated heterocycles. The van der Waals surface area contributed by atoms with Crippen LogP contribution in [-0.4, -0.2) is 47.5 Å². The minimum atomic E-state index is -0.171. The summed E-state index contributed by atoms with van der Waals surface area (Å²) in [5.74, 6) is 0.521. The third kappa shape index (κ3) is 4.61. The maximum atomic E-state index is 5.92. The lowest BCUT2D eigenvalue weighted by atomic mass is 10.1. The van der Waals surface area contributed by atoms with Crippen LogP contribution in [0.3, 0.4) is 0 Å². The molecule has 0 amide bonds. The molecule has 6 heteroatoms. The Bertz CT molecular complexity index is 437. The first kappa shape index (κ1) is 15.0. The van der Waals surface area contributed by atoms with Crippen LogP contribution in [0.5, 0.6) is 11.9 Å². The van der Waals surface area contributed by atoms with E-state index in [9.17, 15) is 0 Å².